The summed E-state index contributed by atoms with van der Waals surface area (Å²) in [6.45, 7) is 2.36. The number of amides is 1. The second-order valence-electron chi connectivity index (χ2n) is 6.95. The largest absolute Gasteiger partial charge is 0.384 e. The summed E-state index contributed by atoms with van der Waals surface area (Å²) >= 11 is 0. The molecule has 3 rings (SSSR count). The molecule has 2 heterocycles. The number of aromatic nitrogens is 2. The maximum absolute atomic E-state index is 12.4. The Balaban J connectivity index is 1.49. The van der Waals surface area contributed by atoms with Gasteiger partial charge in [-0.15, -0.1) is 0 Å². The van der Waals surface area contributed by atoms with Crippen molar-refractivity contribution in [2.75, 3.05) is 25.9 Å². The number of rotatable bonds is 5. The van der Waals surface area contributed by atoms with Gasteiger partial charge in [-0.05, 0) is 38.3 Å². The Bertz CT molecular complexity index is 544. The molecule has 0 unspecified atom stereocenters. The molecule has 2 fully saturated rings. The van der Waals surface area contributed by atoms with E-state index in [1.54, 1.807) is 12.3 Å². The molecule has 0 bridgehead atoms. The highest BCUT2D eigenvalue weighted by Crippen LogP contribution is 2.29. The molecule has 0 spiro atoms. The van der Waals surface area contributed by atoms with Crippen molar-refractivity contribution in [2.45, 2.75) is 51.1 Å². The van der Waals surface area contributed by atoms with E-state index in [-0.39, 0.29) is 0 Å². The lowest BCUT2D eigenvalue weighted by molar-refractivity contribution is -0.131. The van der Waals surface area contributed by atoms with Crippen LogP contribution in [-0.2, 0) is 11.3 Å². The van der Waals surface area contributed by atoms with Crippen molar-refractivity contribution in [3.05, 3.63) is 18.1 Å². The molecule has 1 saturated heterocycles. The SMILES string of the molecule is CN(Cc1nccc(N)n1)[C@@H]1CCN(C(=O)CC2CCCC2)C1. The summed E-state index contributed by atoms with van der Waals surface area (Å²) in [5, 5.41) is 0. The van der Waals surface area contributed by atoms with E-state index in [4.69, 9.17) is 5.73 Å². The highest BCUT2D eigenvalue weighted by Gasteiger charge is 2.30. The van der Waals surface area contributed by atoms with Crippen molar-refractivity contribution >= 4 is 11.7 Å². The lowest BCUT2D eigenvalue weighted by Crippen LogP contribution is -2.37. The number of carbonyl (C=O) groups excluding carboxylic acids is 1. The number of hydrogen-bond acceptors (Lipinski definition) is 5. The highest BCUT2D eigenvalue weighted by atomic mass is 16.2. The Labute approximate surface area is 138 Å². The molecule has 2 aliphatic rings. The van der Waals surface area contributed by atoms with Crippen LogP contribution in [0.3, 0.4) is 0 Å². The van der Waals surface area contributed by atoms with E-state index in [1.807, 2.05) is 4.90 Å². The molecule has 6 nitrogen and oxygen atoms in total. The molecular formula is C17H27N5O. The van der Waals surface area contributed by atoms with Gasteiger partial charge in [-0.25, -0.2) is 9.97 Å². The Morgan fingerprint density at radius 1 is 1.39 bits per heavy atom. The summed E-state index contributed by atoms with van der Waals surface area (Å²) in [4.78, 5) is 25.2. The standard InChI is InChI=1S/C17H27N5O/c1-21(12-16-19-8-6-15(18)20-16)14-7-9-22(11-14)17(23)10-13-4-2-3-5-13/h6,8,13-14H,2-5,7,9-12H2,1H3,(H2,18,19,20)/t14-/m1/s1. The molecule has 1 amide bonds. The van der Waals surface area contributed by atoms with Crippen LogP contribution in [-0.4, -0.2) is 51.9 Å². The Hall–Kier alpha value is -1.69. The second-order valence-corrected chi connectivity index (χ2v) is 6.95. The van der Waals surface area contributed by atoms with Crippen molar-refractivity contribution in [3.63, 3.8) is 0 Å². The molecule has 1 saturated carbocycles. The molecule has 1 atom stereocenters. The maximum atomic E-state index is 12.4. The maximum Gasteiger partial charge on any atom is 0.222 e. The fraction of sp³-hybridized carbons (Fsp3) is 0.706. The summed E-state index contributed by atoms with van der Waals surface area (Å²) in [7, 11) is 2.07. The van der Waals surface area contributed by atoms with E-state index in [2.05, 4.69) is 21.9 Å². The minimum Gasteiger partial charge on any atom is -0.384 e. The van der Waals surface area contributed by atoms with Gasteiger partial charge in [-0.1, -0.05) is 12.8 Å². The van der Waals surface area contributed by atoms with E-state index < -0.39 is 0 Å². The van der Waals surface area contributed by atoms with Gasteiger partial charge in [-0.3, -0.25) is 9.69 Å². The van der Waals surface area contributed by atoms with E-state index in [0.29, 0.717) is 30.2 Å². The van der Waals surface area contributed by atoms with Crippen molar-refractivity contribution in [3.8, 4) is 0 Å². The molecule has 23 heavy (non-hydrogen) atoms. The molecule has 1 aliphatic carbocycles. The number of carbonyl (C=O) groups is 1. The zero-order valence-electron chi connectivity index (χ0n) is 13.9. The zero-order valence-corrected chi connectivity index (χ0v) is 13.9. The van der Waals surface area contributed by atoms with Crippen LogP contribution in [0.25, 0.3) is 0 Å². The Morgan fingerprint density at radius 2 is 2.17 bits per heavy atom. The Morgan fingerprint density at radius 3 is 2.91 bits per heavy atom. The van der Waals surface area contributed by atoms with Gasteiger partial charge in [0.25, 0.3) is 0 Å². The number of hydrogen-bond donors (Lipinski definition) is 1. The number of nitrogen functional groups attached to an aromatic ring is 1. The predicted octanol–water partition coefficient (Wildman–Crippen LogP) is 1.67. The van der Waals surface area contributed by atoms with Gasteiger partial charge in [0.05, 0.1) is 6.54 Å². The van der Waals surface area contributed by atoms with Crippen LogP contribution in [0.2, 0.25) is 0 Å². The predicted molar refractivity (Wildman–Crippen MR) is 89.5 cm³/mol. The van der Waals surface area contributed by atoms with E-state index in [9.17, 15) is 4.79 Å². The van der Waals surface area contributed by atoms with E-state index in [0.717, 1.165) is 31.8 Å². The molecule has 1 aliphatic heterocycles. The van der Waals surface area contributed by atoms with Crippen LogP contribution in [0.1, 0.15) is 44.3 Å². The summed E-state index contributed by atoms with van der Waals surface area (Å²) in [6.07, 6.45) is 8.51. The third-order valence-corrected chi connectivity index (χ3v) is 5.20. The van der Waals surface area contributed by atoms with Crippen LogP contribution < -0.4 is 5.73 Å². The topological polar surface area (TPSA) is 75.4 Å². The van der Waals surface area contributed by atoms with Crippen LogP contribution in [0.5, 0.6) is 0 Å². The average Bonchev–Trinajstić information content (AvgIpc) is 3.18. The normalized spacial score (nSPS) is 22.2. The number of nitrogens with zero attached hydrogens (tertiary/aromatic N) is 4. The van der Waals surface area contributed by atoms with E-state index >= 15 is 0 Å². The fourth-order valence-corrected chi connectivity index (χ4v) is 3.76. The first-order valence-corrected chi connectivity index (χ1v) is 8.67. The first kappa shape index (κ1) is 16.2. The highest BCUT2D eigenvalue weighted by molar-refractivity contribution is 5.76. The average molecular weight is 317 g/mol. The first-order chi connectivity index (χ1) is 11.1. The molecule has 6 heteroatoms. The van der Waals surface area contributed by atoms with Gasteiger partial charge in [-0.2, -0.15) is 0 Å². The van der Waals surface area contributed by atoms with Crippen molar-refractivity contribution < 1.29 is 4.79 Å². The minimum atomic E-state index is 0.341. The van der Waals surface area contributed by atoms with Crippen LogP contribution in [0.15, 0.2) is 12.3 Å². The van der Waals surface area contributed by atoms with Crippen LogP contribution in [0.4, 0.5) is 5.82 Å². The molecular weight excluding hydrogens is 290 g/mol. The van der Waals surface area contributed by atoms with E-state index in [1.165, 1.54) is 25.7 Å². The minimum absolute atomic E-state index is 0.341. The van der Waals surface area contributed by atoms with Gasteiger partial charge < -0.3 is 10.6 Å². The smallest absolute Gasteiger partial charge is 0.222 e. The lowest BCUT2D eigenvalue weighted by atomic mass is 10.0. The van der Waals surface area contributed by atoms with Gasteiger partial charge in [0.1, 0.15) is 11.6 Å². The Kier molecular flexibility index (Phi) is 5.10. The second kappa shape index (κ2) is 7.25. The zero-order chi connectivity index (χ0) is 16.2. The summed E-state index contributed by atoms with van der Waals surface area (Å²) in [5.41, 5.74) is 5.70. The van der Waals surface area contributed by atoms with Crippen molar-refractivity contribution in [1.82, 2.24) is 19.8 Å². The molecule has 1 aromatic heterocycles. The third kappa shape index (κ3) is 4.19. The molecule has 0 aromatic carbocycles. The fourth-order valence-electron chi connectivity index (χ4n) is 3.76. The molecule has 126 valence electrons. The number of likely N-dealkylation sites (tertiary alicyclic amines) is 1. The molecule has 2 N–H and O–H groups in total. The van der Waals surface area contributed by atoms with Crippen molar-refractivity contribution in [1.29, 1.82) is 0 Å². The number of anilines is 1. The van der Waals surface area contributed by atoms with Gasteiger partial charge in [0.2, 0.25) is 5.91 Å². The lowest BCUT2D eigenvalue weighted by Gasteiger charge is -2.24. The van der Waals surface area contributed by atoms with Gasteiger partial charge in [0.15, 0.2) is 0 Å². The summed E-state index contributed by atoms with van der Waals surface area (Å²) < 4.78 is 0. The van der Waals surface area contributed by atoms with Gasteiger partial charge in [0, 0.05) is 31.7 Å². The van der Waals surface area contributed by atoms with Crippen molar-refractivity contribution in [2.24, 2.45) is 5.92 Å². The molecule has 1 aromatic rings. The third-order valence-electron chi connectivity index (χ3n) is 5.20. The number of nitrogens with two attached hydrogens (primary N) is 1. The van der Waals surface area contributed by atoms with Crippen LogP contribution >= 0.6 is 0 Å². The first-order valence-electron chi connectivity index (χ1n) is 8.67. The van der Waals surface area contributed by atoms with Crippen LogP contribution in [0, 0.1) is 5.92 Å². The quantitative estimate of drug-likeness (QED) is 0.894. The summed E-state index contributed by atoms with van der Waals surface area (Å²) in [6, 6.07) is 2.08. The monoisotopic (exact) mass is 317 g/mol. The number of likely N-dealkylation sites (N-methyl/N-ethyl adjacent to an activating group) is 1. The molecule has 0 radical (unpaired) electrons. The van der Waals surface area contributed by atoms with Gasteiger partial charge >= 0.3 is 0 Å². The summed E-state index contributed by atoms with van der Waals surface area (Å²) in [5.74, 6) is 2.21.